The molecule has 37 heavy (non-hydrogen) atoms. The summed E-state index contributed by atoms with van der Waals surface area (Å²) in [6.45, 7) is -0.164. The van der Waals surface area contributed by atoms with Gasteiger partial charge in [-0.2, -0.15) is 13.2 Å². The lowest BCUT2D eigenvalue weighted by Crippen LogP contribution is -2.46. The van der Waals surface area contributed by atoms with Crippen molar-refractivity contribution in [3.8, 4) is 0 Å². The number of carbonyl (C=O) groups is 1. The molecular formula is C26H27F3N4O4. The van der Waals surface area contributed by atoms with Gasteiger partial charge >= 0.3 is 12.1 Å². The van der Waals surface area contributed by atoms with E-state index in [1.54, 1.807) is 6.07 Å². The molecule has 2 aromatic heterocycles. The van der Waals surface area contributed by atoms with Gasteiger partial charge in [-0.15, -0.1) is 0 Å². The second kappa shape index (κ2) is 9.77. The molecule has 0 radical (unpaired) electrons. The number of aromatic nitrogens is 2. The van der Waals surface area contributed by atoms with Crippen molar-refractivity contribution < 1.29 is 32.9 Å². The summed E-state index contributed by atoms with van der Waals surface area (Å²) in [6, 6.07) is 6.04. The first-order valence-electron chi connectivity index (χ1n) is 12.3. The van der Waals surface area contributed by atoms with Crippen LogP contribution >= 0.6 is 0 Å². The Labute approximate surface area is 211 Å². The summed E-state index contributed by atoms with van der Waals surface area (Å²) in [6.07, 6.45) is 2.05. The number of rotatable bonds is 8. The molecule has 8 nitrogen and oxygen atoms in total. The van der Waals surface area contributed by atoms with Gasteiger partial charge in [-0.05, 0) is 62.8 Å². The van der Waals surface area contributed by atoms with Crippen molar-refractivity contribution >= 4 is 17.5 Å². The van der Waals surface area contributed by atoms with Gasteiger partial charge in [0.2, 0.25) is 0 Å². The number of hydrogen-bond donors (Lipinski definition) is 3. The molecule has 0 aromatic carbocycles. The van der Waals surface area contributed by atoms with Gasteiger partial charge in [0.1, 0.15) is 11.6 Å². The molecule has 5 rings (SSSR count). The van der Waals surface area contributed by atoms with Crippen LogP contribution in [0.15, 0.2) is 48.0 Å². The Hall–Kier alpha value is -3.47. The molecule has 3 atom stereocenters. The zero-order valence-electron chi connectivity index (χ0n) is 19.9. The van der Waals surface area contributed by atoms with Gasteiger partial charge < -0.3 is 19.8 Å². The third-order valence-corrected chi connectivity index (χ3v) is 7.33. The number of nitrogens with zero attached hydrogens (tertiary/aromatic N) is 3. The van der Waals surface area contributed by atoms with Gasteiger partial charge in [0.25, 0.3) is 0 Å². The van der Waals surface area contributed by atoms with E-state index in [2.05, 4.69) is 14.9 Å². The highest BCUT2D eigenvalue weighted by molar-refractivity contribution is 6.11. The number of hydrogen-bond acceptors (Lipinski definition) is 7. The zero-order chi connectivity index (χ0) is 26.3. The fraction of sp³-hybridized carbons (Fsp3) is 0.462. The Bertz CT molecular complexity index is 1210. The Morgan fingerprint density at radius 2 is 1.78 bits per heavy atom. The number of anilines is 1. The lowest BCUT2D eigenvalue weighted by molar-refractivity contribution is -0.141. The number of fused-ring (bicyclic) bond motifs is 2. The number of carboxylic acids is 1. The third kappa shape index (κ3) is 5.18. The van der Waals surface area contributed by atoms with Crippen molar-refractivity contribution in [2.45, 2.75) is 62.9 Å². The van der Waals surface area contributed by atoms with Crippen molar-refractivity contribution in [1.29, 1.82) is 5.41 Å². The maximum absolute atomic E-state index is 13.5. The molecule has 1 saturated carbocycles. The molecule has 2 aliphatic heterocycles. The van der Waals surface area contributed by atoms with Crippen LogP contribution in [0.2, 0.25) is 0 Å². The van der Waals surface area contributed by atoms with Crippen LogP contribution in [0.25, 0.3) is 0 Å². The standard InChI is InChI=1S/C26H27F3N4O4/c27-26(28,29)24-19(2-1-9-31-24)22(30)20(23(34)14-3-4-14)13-37-18-10-16-6-7-17(11-18)33(16)21-8-5-15(12-32-21)25(35)36/h1-2,5,8-9,12,14,16-18,30,34H,3-4,6-7,10-11,13H2,(H,35,36)/b23-20-,30-22?/t16-,17?,18?/m0/s1. The van der Waals surface area contributed by atoms with Crippen LogP contribution in [0.5, 0.6) is 0 Å². The van der Waals surface area contributed by atoms with Crippen LogP contribution in [-0.4, -0.2) is 56.7 Å². The van der Waals surface area contributed by atoms with Gasteiger partial charge in [0.05, 0.1) is 24.0 Å². The van der Waals surface area contributed by atoms with Crippen molar-refractivity contribution in [1.82, 2.24) is 9.97 Å². The molecule has 2 unspecified atom stereocenters. The summed E-state index contributed by atoms with van der Waals surface area (Å²) >= 11 is 0. The highest BCUT2D eigenvalue weighted by Crippen LogP contribution is 2.41. The van der Waals surface area contributed by atoms with Crippen LogP contribution in [0.4, 0.5) is 19.0 Å². The van der Waals surface area contributed by atoms with E-state index in [4.69, 9.17) is 15.3 Å². The molecule has 1 aliphatic carbocycles. The van der Waals surface area contributed by atoms with E-state index >= 15 is 0 Å². The first kappa shape index (κ1) is 25.2. The summed E-state index contributed by atoms with van der Waals surface area (Å²) in [7, 11) is 0. The summed E-state index contributed by atoms with van der Waals surface area (Å²) in [5.74, 6) is -0.569. The van der Waals surface area contributed by atoms with E-state index in [1.807, 2.05) is 0 Å². The van der Waals surface area contributed by atoms with Gasteiger partial charge in [0.15, 0.2) is 5.69 Å². The first-order valence-corrected chi connectivity index (χ1v) is 12.3. The molecule has 0 spiro atoms. The van der Waals surface area contributed by atoms with E-state index in [0.29, 0.717) is 18.7 Å². The lowest BCUT2D eigenvalue weighted by Gasteiger charge is -2.39. The van der Waals surface area contributed by atoms with Gasteiger partial charge in [-0.25, -0.2) is 9.78 Å². The second-order valence-electron chi connectivity index (χ2n) is 9.82. The predicted molar refractivity (Wildman–Crippen MR) is 128 cm³/mol. The second-order valence-corrected chi connectivity index (χ2v) is 9.82. The number of aromatic carboxylic acids is 1. The average molecular weight is 517 g/mol. The number of halogens is 3. The molecule has 0 amide bonds. The molecule has 2 aromatic rings. The van der Waals surface area contributed by atoms with E-state index in [0.717, 1.165) is 31.9 Å². The number of carboxylic acid groups (broad SMARTS) is 1. The van der Waals surface area contributed by atoms with Gasteiger partial charge in [-0.1, -0.05) is 0 Å². The summed E-state index contributed by atoms with van der Waals surface area (Å²) in [5.41, 5.74) is -1.77. The molecule has 2 saturated heterocycles. The number of ether oxygens (including phenoxy) is 1. The summed E-state index contributed by atoms with van der Waals surface area (Å²) in [5, 5.41) is 28.5. The Kier molecular flexibility index (Phi) is 6.65. The minimum absolute atomic E-state index is 0.0710. The van der Waals surface area contributed by atoms with Crippen LogP contribution in [0.3, 0.4) is 0 Å². The average Bonchev–Trinajstić information content (AvgIpc) is 3.68. The van der Waals surface area contributed by atoms with Crippen LogP contribution in [-0.2, 0) is 10.9 Å². The SMILES string of the molecule is N=C(/C(COC1CC2CC[C@@H](C1)N2c1ccc(C(=O)O)cn1)=C(\O)C1CC1)c1cccnc1C(F)(F)F. The minimum Gasteiger partial charge on any atom is -0.512 e. The Morgan fingerprint density at radius 1 is 1.08 bits per heavy atom. The number of pyridine rings is 2. The van der Waals surface area contributed by atoms with Crippen molar-refractivity contribution in [3.05, 3.63) is 64.8 Å². The summed E-state index contributed by atoms with van der Waals surface area (Å²) < 4.78 is 46.8. The number of allylic oxidation sites excluding steroid dienone is 1. The van der Waals surface area contributed by atoms with Gasteiger partial charge in [-0.3, -0.25) is 10.4 Å². The zero-order valence-corrected chi connectivity index (χ0v) is 19.9. The number of piperidine rings is 1. The predicted octanol–water partition coefficient (Wildman–Crippen LogP) is 5.00. The van der Waals surface area contributed by atoms with Crippen molar-refractivity contribution in [2.24, 2.45) is 5.92 Å². The molecule has 11 heteroatoms. The number of aliphatic hydroxyl groups is 1. The largest absolute Gasteiger partial charge is 0.512 e. The van der Waals surface area contributed by atoms with E-state index in [1.165, 1.54) is 24.4 Å². The fourth-order valence-corrected chi connectivity index (χ4v) is 5.38. The molecule has 3 N–H and O–H groups in total. The summed E-state index contributed by atoms with van der Waals surface area (Å²) in [4.78, 5) is 21.1. The normalized spacial score (nSPS) is 24.1. The quantitative estimate of drug-likeness (QED) is 0.334. The lowest BCUT2D eigenvalue weighted by atomic mass is 9.97. The van der Waals surface area contributed by atoms with E-state index in [9.17, 15) is 23.1 Å². The number of nitrogens with one attached hydrogen (secondary N) is 1. The van der Waals surface area contributed by atoms with Crippen LogP contribution in [0, 0.1) is 11.3 Å². The smallest absolute Gasteiger partial charge is 0.434 e. The highest BCUT2D eigenvalue weighted by Gasteiger charge is 2.42. The molecule has 196 valence electrons. The Morgan fingerprint density at radius 3 is 2.35 bits per heavy atom. The van der Waals surface area contributed by atoms with Gasteiger partial charge in [0, 0.05) is 41.5 Å². The molecule has 2 bridgehead atoms. The number of alkyl halides is 3. The fourth-order valence-electron chi connectivity index (χ4n) is 5.38. The van der Waals surface area contributed by atoms with E-state index in [-0.39, 0.29) is 53.2 Å². The maximum Gasteiger partial charge on any atom is 0.434 e. The molecular weight excluding hydrogens is 489 g/mol. The minimum atomic E-state index is -4.73. The highest BCUT2D eigenvalue weighted by atomic mass is 19.4. The molecule has 4 heterocycles. The van der Waals surface area contributed by atoms with Crippen LogP contribution in [0.1, 0.15) is 60.1 Å². The van der Waals surface area contributed by atoms with E-state index < -0.39 is 23.6 Å². The van der Waals surface area contributed by atoms with Crippen molar-refractivity contribution in [3.63, 3.8) is 0 Å². The van der Waals surface area contributed by atoms with Crippen LogP contribution < -0.4 is 4.90 Å². The topological polar surface area (TPSA) is 120 Å². The first-order chi connectivity index (χ1) is 17.6. The Balaban J connectivity index is 1.31. The monoisotopic (exact) mass is 516 g/mol. The number of aliphatic hydroxyl groups excluding tert-OH is 1. The molecule has 3 aliphatic rings. The third-order valence-electron chi connectivity index (χ3n) is 7.33. The maximum atomic E-state index is 13.5. The van der Waals surface area contributed by atoms with Crippen molar-refractivity contribution in [2.75, 3.05) is 11.5 Å². The molecule has 3 fully saturated rings.